The molecule has 1 aliphatic rings. The first-order valence-electron chi connectivity index (χ1n) is 9.12. The molecule has 1 aromatic rings. The molecular formula is C19H30BrIN4O2. The zero-order chi connectivity index (χ0) is 18.9. The quantitative estimate of drug-likeness (QED) is 0.308. The summed E-state index contributed by atoms with van der Waals surface area (Å²) >= 11 is 3.43. The van der Waals surface area contributed by atoms with Gasteiger partial charge in [-0.3, -0.25) is 9.79 Å². The molecule has 1 atom stereocenters. The van der Waals surface area contributed by atoms with E-state index in [9.17, 15) is 4.79 Å². The maximum atomic E-state index is 12.2. The van der Waals surface area contributed by atoms with Crippen LogP contribution < -0.4 is 10.6 Å². The van der Waals surface area contributed by atoms with E-state index in [4.69, 9.17) is 4.74 Å². The molecule has 8 heteroatoms. The second-order valence-electron chi connectivity index (χ2n) is 6.60. The molecule has 152 valence electrons. The van der Waals surface area contributed by atoms with Gasteiger partial charge in [0.25, 0.3) is 0 Å². The first kappa shape index (κ1) is 24.2. The van der Waals surface area contributed by atoms with Crippen LogP contribution in [0.2, 0.25) is 0 Å². The molecule has 0 saturated carbocycles. The second-order valence-corrected chi connectivity index (χ2v) is 7.52. The maximum Gasteiger partial charge on any atom is 0.226 e. The van der Waals surface area contributed by atoms with Gasteiger partial charge in [-0.05, 0) is 44.0 Å². The molecule has 0 bridgehead atoms. The summed E-state index contributed by atoms with van der Waals surface area (Å²) in [5, 5.41) is 6.24. The highest BCUT2D eigenvalue weighted by atomic mass is 127. The van der Waals surface area contributed by atoms with Crippen LogP contribution in [0.5, 0.6) is 0 Å². The number of rotatable bonds is 7. The number of benzene rings is 1. The summed E-state index contributed by atoms with van der Waals surface area (Å²) in [4.78, 5) is 18.9. The molecule has 1 aliphatic heterocycles. The Morgan fingerprint density at radius 2 is 2.22 bits per heavy atom. The zero-order valence-electron chi connectivity index (χ0n) is 16.3. The van der Waals surface area contributed by atoms with E-state index in [2.05, 4.69) is 36.5 Å². The summed E-state index contributed by atoms with van der Waals surface area (Å²) in [7, 11) is 2.03. The number of guanidine groups is 1. The molecule has 1 unspecified atom stereocenters. The highest BCUT2D eigenvalue weighted by Gasteiger charge is 2.19. The van der Waals surface area contributed by atoms with Crippen molar-refractivity contribution in [3.63, 3.8) is 0 Å². The summed E-state index contributed by atoms with van der Waals surface area (Å²) < 4.78 is 6.44. The number of hydrogen-bond donors (Lipinski definition) is 2. The Hall–Kier alpha value is -0.870. The normalized spacial score (nSPS) is 16.6. The number of halogens is 2. The Balaban J connectivity index is 0.00000364. The summed E-state index contributed by atoms with van der Waals surface area (Å²) in [6.07, 6.45) is 1.45. The molecule has 0 aromatic heterocycles. The molecule has 2 rings (SSSR count). The lowest BCUT2D eigenvalue weighted by atomic mass is 10.1. The molecule has 0 radical (unpaired) electrons. The number of aliphatic imine (C=N–C) groups is 1. The molecule has 1 heterocycles. The molecule has 0 aliphatic carbocycles. The number of aryl methyl sites for hydroxylation is 1. The Morgan fingerprint density at radius 3 is 2.85 bits per heavy atom. The van der Waals surface area contributed by atoms with Gasteiger partial charge in [0, 0.05) is 49.2 Å². The largest absolute Gasteiger partial charge is 0.381 e. The van der Waals surface area contributed by atoms with Gasteiger partial charge in [0.05, 0.1) is 13.2 Å². The van der Waals surface area contributed by atoms with Gasteiger partial charge < -0.3 is 20.3 Å². The molecule has 1 aromatic carbocycles. The van der Waals surface area contributed by atoms with Gasteiger partial charge in [0.15, 0.2) is 5.96 Å². The molecule has 27 heavy (non-hydrogen) atoms. The third-order valence-electron chi connectivity index (χ3n) is 4.32. The fourth-order valence-electron chi connectivity index (χ4n) is 2.91. The number of anilines is 1. The highest BCUT2D eigenvalue weighted by Crippen LogP contribution is 2.20. The van der Waals surface area contributed by atoms with Crippen molar-refractivity contribution in [2.45, 2.75) is 26.7 Å². The summed E-state index contributed by atoms with van der Waals surface area (Å²) in [6, 6.07) is 5.81. The van der Waals surface area contributed by atoms with Crippen molar-refractivity contribution in [1.29, 1.82) is 0 Å². The van der Waals surface area contributed by atoms with Crippen molar-refractivity contribution in [3.05, 3.63) is 28.2 Å². The van der Waals surface area contributed by atoms with E-state index in [0.717, 1.165) is 54.4 Å². The lowest BCUT2D eigenvalue weighted by Crippen LogP contribution is -2.41. The predicted molar refractivity (Wildman–Crippen MR) is 125 cm³/mol. The van der Waals surface area contributed by atoms with E-state index in [1.165, 1.54) is 0 Å². The molecule has 1 amide bonds. The summed E-state index contributed by atoms with van der Waals surface area (Å²) in [5.74, 6) is 1.36. The van der Waals surface area contributed by atoms with E-state index in [1.807, 2.05) is 39.1 Å². The van der Waals surface area contributed by atoms with E-state index >= 15 is 0 Å². The lowest BCUT2D eigenvalue weighted by molar-refractivity contribution is -0.116. The average molecular weight is 553 g/mol. The maximum absolute atomic E-state index is 12.2. The van der Waals surface area contributed by atoms with Crippen LogP contribution >= 0.6 is 39.9 Å². The van der Waals surface area contributed by atoms with Crippen molar-refractivity contribution >= 4 is 57.5 Å². The first-order chi connectivity index (χ1) is 12.5. The van der Waals surface area contributed by atoms with Crippen molar-refractivity contribution in [1.82, 2.24) is 10.2 Å². The van der Waals surface area contributed by atoms with Gasteiger partial charge in [0.1, 0.15) is 0 Å². The van der Waals surface area contributed by atoms with Gasteiger partial charge in [-0.1, -0.05) is 15.9 Å². The fourth-order valence-corrected chi connectivity index (χ4v) is 3.39. The van der Waals surface area contributed by atoms with Crippen molar-refractivity contribution in [3.8, 4) is 0 Å². The van der Waals surface area contributed by atoms with Crippen molar-refractivity contribution in [2.75, 3.05) is 45.2 Å². The number of ether oxygens (including phenoxy) is 1. The number of carbonyl (C=O) groups is 1. The molecule has 1 fully saturated rings. The zero-order valence-corrected chi connectivity index (χ0v) is 20.2. The lowest BCUT2D eigenvalue weighted by Gasteiger charge is -2.24. The highest BCUT2D eigenvalue weighted by molar-refractivity contribution is 14.0. The fraction of sp³-hybridized carbons (Fsp3) is 0.579. The Bertz CT molecular complexity index is 636. The van der Waals surface area contributed by atoms with Gasteiger partial charge in [0.2, 0.25) is 5.91 Å². The van der Waals surface area contributed by atoms with Gasteiger partial charge in [-0.15, -0.1) is 24.0 Å². The molecule has 6 nitrogen and oxygen atoms in total. The molecule has 2 N–H and O–H groups in total. The SMILES string of the molecule is CCNC(=NCCC(=O)Nc1ccc(Br)cc1C)N(C)CC1CCOC1.I. The van der Waals surface area contributed by atoms with E-state index < -0.39 is 0 Å². The first-order valence-corrected chi connectivity index (χ1v) is 9.92. The van der Waals surface area contributed by atoms with Gasteiger partial charge in [-0.2, -0.15) is 0 Å². The number of hydrogen-bond acceptors (Lipinski definition) is 3. The number of carbonyl (C=O) groups excluding carboxylic acids is 1. The summed E-state index contributed by atoms with van der Waals surface area (Å²) in [5.41, 5.74) is 1.87. The number of nitrogens with one attached hydrogen (secondary N) is 2. The van der Waals surface area contributed by atoms with Gasteiger partial charge in [-0.25, -0.2) is 0 Å². The monoisotopic (exact) mass is 552 g/mol. The Morgan fingerprint density at radius 1 is 1.44 bits per heavy atom. The molecular weight excluding hydrogens is 523 g/mol. The van der Waals surface area contributed by atoms with E-state index in [-0.39, 0.29) is 29.9 Å². The minimum Gasteiger partial charge on any atom is -0.381 e. The number of amides is 1. The van der Waals surface area contributed by atoms with Crippen LogP contribution in [0, 0.1) is 12.8 Å². The Labute approximate surface area is 187 Å². The van der Waals surface area contributed by atoms with Crippen LogP contribution in [0.15, 0.2) is 27.7 Å². The second kappa shape index (κ2) is 12.6. The minimum atomic E-state index is -0.0260. The van der Waals surface area contributed by atoms with Crippen LogP contribution in [0.3, 0.4) is 0 Å². The Kier molecular flexibility index (Phi) is 11.2. The molecule has 0 spiro atoms. The van der Waals surface area contributed by atoms with E-state index in [1.54, 1.807) is 0 Å². The van der Waals surface area contributed by atoms with E-state index in [0.29, 0.717) is 18.9 Å². The van der Waals surface area contributed by atoms with Crippen LogP contribution in [0.25, 0.3) is 0 Å². The van der Waals surface area contributed by atoms with Crippen molar-refractivity contribution < 1.29 is 9.53 Å². The number of nitrogens with zero attached hydrogens (tertiary/aromatic N) is 2. The minimum absolute atomic E-state index is 0. The standard InChI is InChI=1S/C19H29BrN4O2.HI/c1-4-21-19(24(3)12-15-8-10-26-13-15)22-9-7-18(25)23-17-6-5-16(20)11-14(17)2;/h5-6,11,15H,4,7-10,12-13H2,1-3H3,(H,21,22)(H,23,25);1H. The van der Waals surface area contributed by atoms with Gasteiger partial charge >= 0.3 is 0 Å². The van der Waals surface area contributed by atoms with Crippen LogP contribution in [0.1, 0.15) is 25.3 Å². The van der Waals surface area contributed by atoms with Crippen LogP contribution in [0.4, 0.5) is 5.69 Å². The van der Waals surface area contributed by atoms with Crippen LogP contribution in [-0.2, 0) is 9.53 Å². The van der Waals surface area contributed by atoms with Crippen LogP contribution in [-0.4, -0.2) is 56.7 Å². The predicted octanol–water partition coefficient (Wildman–Crippen LogP) is 3.64. The topological polar surface area (TPSA) is 66.0 Å². The smallest absolute Gasteiger partial charge is 0.226 e. The third kappa shape index (κ3) is 8.35. The summed E-state index contributed by atoms with van der Waals surface area (Å²) in [6.45, 7) is 7.86. The third-order valence-corrected chi connectivity index (χ3v) is 4.81. The molecule has 1 saturated heterocycles. The average Bonchev–Trinajstić information content (AvgIpc) is 3.09. The van der Waals surface area contributed by atoms with Crippen molar-refractivity contribution in [2.24, 2.45) is 10.9 Å².